The summed E-state index contributed by atoms with van der Waals surface area (Å²) in [4.78, 5) is 26.7. The van der Waals surface area contributed by atoms with Crippen molar-refractivity contribution in [3.8, 4) is 0 Å². The lowest BCUT2D eigenvalue weighted by Gasteiger charge is -2.59. The third-order valence-corrected chi connectivity index (χ3v) is 7.19. The molecule has 3 heterocycles. The molecule has 1 spiro atoms. The highest BCUT2D eigenvalue weighted by Gasteiger charge is 2.52. The van der Waals surface area contributed by atoms with E-state index in [1.165, 1.54) is 5.56 Å². The molecule has 0 unspecified atom stereocenters. The Morgan fingerprint density at radius 3 is 2.41 bits per heavy atom. The second-order valence-electron chi connectivity index (χ2n) is 9.94. The number of piperazine rings is 1. The Labute approximate surface area is 197 Å². The van der Waals surface area contributed by atoms with Crippen LogP contribution in [0.5, 0.6) is 0 Å². The highest BCUT2D eigenvalue weighted by atomic mass is 19.4. The minimum atomic E-state index is -4.46. The van der Waals surface area contributed by atoms with E-state index in [0.29, 0.717) is 25.0 Å². The summed E-state index contributed by atoms with van der Waals surface area (Å²) in [5.41, 5.74) is 0.809. The number of hydrogen-bond donors (Lipinski definition) is 1. The molecule has 0 bridgehead atoms. The van der Waals surface area contributed by atoms with Crippen molar-refractivity contribution in [1.82, 2.24) is 25.1 Å². The zero-order valence-corrected chi connectivity index (χ0v) is 19.1. The average molecular weight is 475 g/mol. The lowest BCUT2D eigenvalue weighted by molar-refractivity contribution is -0.138. The fourth-order valence-corrected chi connectivity index (χ4v) is 5.53. The van der Waals surface area contributed by atoms with Crippen LogP contribution in [0.2, 0.25) is 0 Å². The van der Waals surface area contributed by atoms with Gasteiger partial charge in [0.25, 0.3) is 0 Å². The Balaban J connectivity index is 1.06. The number of nitrogens with zero attached hydrogens (tertiary/aromatic N) is 5. The SMILES string of the molecule is C[C@@H]1CN(c2ncc(C(F)(F)F)cn2)CCN1C(=O)NC1CC2(C1)CN(Cc1ccccc1)C2. The number of alkyl halides is 3. The number of likely N-dealkylation sites (tertiary alicyclic amines) is 1. The number of rotatable bonds is 4. The number of carbonyl (C=O) groups excluding carboxylic acids is 1. The van der Waals surface area contributed by atoms with Crippen molar-refractivity contribution in [2.24, 2.45) is 5.41 Å². The fraction of sp³-hybridized carbons (Fsp3) is 0.542. The van der Waals surface area contributed by atoms with Gasteiger partial charge in [0.1, 0.15) is 0 Å². The van der Waals surface area contributed by atoms with Crippen molar-refractivity contribution in [2.75, 3.05) is 37.6 Å². The molecular weight excluding hydrogens is 445 g/mol. The van der Waals surface area contributed by atoms with Crippen molar-refractivity contribution in [3.63, 3.8) is 0 Å². The van der Waals surface area contributed by atoms with Crippen molar-refractivity contribution in [2.45, 2.75) is 44.6 Å². The third kappa shape index (κ3) is 4.68. The summed E-state index contributed by atoms with van der Waals surface area (Å²) < 4.78 is 38.2. The largest absolute Gasteiger partial charge is 0.419 e. The molecule has 2 saturated heterocycles. The maximum absolute atomic E-state index is 12.9. The first-order valence-electron chi connectivity index (χ1n) is 11.7. The van der Waals surface area contributed by atoms with E-state index in [9.17, 15) is 18.0 Å². The maximum Gasteiger partial charge on any atom is 0.419 e. The molecule has 7 nitrogen and oxygen atoms in total. The summed E-state index contributed by atoms with van der Waals surface area (Å²) >= 11 is 0. The number of nitrogens with one attached hydrogen (secondary N) is 1. The summed E-state index contributed by atoms with van der Waals surface area (Å²) in [5, 5.41) is 3.18. The summed E-state index contributed by atoms with van der Waals surface area (Å²) in [7, 11) is 0. The number of anilines is 1. The number of benzene rings is 1. The molecule has 1 aromatic carbocycles. The van der Waals surface area contributed by atoms with Crippen LogP contribution in [0.3, 0.4) is 0 Å². The van der Waals surface area contributed by atoms with Gasteiger partial charge in [-0.15, -0.1) is 0 Å². The van der Waals surface area contributed by atoms with E-state index >= 15 is 0 Å². The third-order valence-electron chi connectivity index (χ3n) is 7.19. The summed E-state index contributed by atoms with van der Waals surface area (Å²) in [6.45, 7) is 6.50. The molecule has 3 aliphatic rings. The molecule has 0 radical (unpaired) electrons. The predicted octanol–water partition coefficient (Wildman–Crippen LogP) is 3.38. The second-order valence-corrected chi connectivity index (χ2v) is 9.94. The summed E-state index contributed by atoms with van der Waals surface area (Å²) in [5.74, 6) is 0.255. The zero-order valence-electron chi connectivity index (χ0n) is 19.1. The first-order valence-corrected chi connectivity index (χ1v) is 11.7. The van der Waals surface area contributed by atoms with Gasteiger partial charge in [0.15, 0.2) is 0 Å². The molecule has 1 saturated carbocycles. The molecular formula is C24H29F3N6O. The number of amides is 2. The Bertz CT molecular complexity index is 1000. The quantitative estimate of drug-likeness (QED) is 0.736. The van der Waals surface area contributed by atoms with Gasteiger partial charge in [-0.2, -0.15) is 13.2 Å². The van der Waals surface area contributed by atoms with Crippen LogP contribution >= 0.6 is 0 Å². The molecule has 182 valence electrons. The maximum atomic E-state index is 12.9. The molecule has 2 aromatic rings. The molecule has 1 atom stereocenters. The molecule has 1 aromatic heterocycles. The van der Waals surface area contributed by atoms with E-state index in [0.717, 1.165) is 44.9 Å². The number of hydrogen-bond acceptors (Lipinski definition) is 5. The smallest absolute Gasteiger partial charge is 0.337 e. The second kappa shape index (κ2) is 8.72. The van der Waals surface area contributed by atoms with Gasteiger partial charge >= 0.3 is 12.2 Å². The van der Waals surface area contributed by atoms with Gasteiger partial charge in [-0.3, -0.25) is 4.90 Å². The van der Waals surface area contributed by atoms with E-state index in [1.807, 2.05) is 17.9 Å². The van der Waals surface area contributed by atoms with Gasteiger partial charge in [0, 0.05) is 63.7 Å². The van der Waals surface area contributed by atoms with E-state index in [2.05, 4.69) is 44.5 Å². The molecule has 3 fully saturated rings. The minimum absolute atomic E-state index is 0.0687. The molecule has 1 aliphatic carbocycles. The van der Waals surface area contributed by atoms with Crippen LogP contribution in [0.25, 0.3) is 0 Å². The van der Waals surface area contributed by atoms with E-state index in [4.69, 9.17) is 0 Å². The van der Waals surface area contributed by atoms with Gasteiger partial charge < -0.3 is 15.1 Å². The van der Waals surface area contributed by atoms with Crippen LogP contribution in [-0.4, -0.2) is 70.6 Å². The fourth-order valence-electron chi connectivity index (χ4n) is 5.53. The Morgan fingerprint density at radius 2 is 1.79 bits per heavy atom. The minimum Gasteiger partial charge on any atom is -0.337 e. The van der Waals surface area contributed by atoms with Crippen LogP contribution < -0.4 is 10.2 Å². The normalized spacial score (nSPS) is 22.9. The predicted molar refractivity (Wildman–Crippen MR) is 121 cm³/mol. The van der Waals surface area contributed by atoms with Crippen molar-refractivity contribution >= 4 is 12.0 Å². The Hall–Kier alpha value is -2.88. The average Bonchev–Trinajstić information content (AvgIpc) is 2.76. The Morgan fingerprint density at radius 1 is 1.12 bits per heavy atom. The highest BCUT2D eigenvalue weighted by Crippen LogP contribution is 2.48. The molecule has 1 N–H and O–H groups in total. The van der Waals surface area contributed by atoms with E-state index in [1.54, 1.807) is 4.90 Å². The first-order chi connectivity index (χ1) is 16.2. The van der Waals surface area contributed by atoms with Gasteiger partial charge in [-0.1, -0.05) is 30.3 Å². The number of aromatic nitrogens is 2. The molecule has 2 amide bonds. The van der Waals surface area contributed by atoms with Crippen LogP contribution in [0, 0.1) is 5.41 Å². The topological polar surface area (TPSA) is 64.6 Å². The standard InChI is InChI=1S/C24H29F3N6O/c1-17-13-32(21-28-11-19(12-29-21)24(25,26)27)7-8-33(17)22(34)30-20-9-23(10-20)15-31(16-23)14-18-5-3-2-4-6-18/h2-6,11-12,17,20H,7-10,13-16H2,1H3,(H,30,34)/t17-/m1/s1. The van der Waals surface area contributed by atoms with Crippen LogP contribution in [-0.2, 0) is 12.7 Å². The van der Waals surface area contributed by atoms with Crippen molar-refractivity contribution < 1.29 is 18.0 Å². The summed E-state index contributed by atoms with van der Waals surface area (Å²) in [6.07, 6.45) is -0.822. The van der Waals surface area contributed by atoms with Crippen LogP contribution in [0.4, 0.5) is 23.9 Å². The molecule has 10 heteroatoms. The van der Waals surface area contributed by atoms with Gasteiger partial charge in [0.05, 0.1) is 5.56 Å². The molecule has 34 heavy (non-hydrogen) atoms. The highest BCUT2D eigenvalue weighted by molar-refractivity contribution is 5.75. The lowest BCUT2D eigenvalue weighted by Crippen LogP contribution is -2.67. The molecule has 2 aliphatic heterocycles. The van der Waals surface area contributed by atoms with Gasteiger partial charge in [0.2, 0.25) is 5.95 Å². The van der Waals surface area contributed by atoms with Crippen LogP contribution in [0.1, 0.15) is 30.9 Å². The van der Waals surface area contributed by atoms with Crippen molar-refractivity contribution in [3.05, 3.63) is 53.9 Å². The number of urea groups is 1. The summed E-state index contributed by atoms with van der Waals surface area (Å²) in [6, 6.07) is 10.5. The number of halogens is 3. The molecule has 5 rings (SSSR count). The zero-order chi connectivity index (χ0) is 23.9. The van der Waals surface area contributed by atoms with E-state index in [-0.39, 0.29) is 24.1 Å². The van der Waals surface area contributed by atoms with Crippen molar-refractivity contribution in [1.29, 1.82) is 0 Å². The van der Waals surface area contributed by atoms with Gasteiger partial charge in [-0.05, 0) is 30.7 Å². The lowest BCUT2D eigenvalue weighted by atomic mass is 9.60. The monoisotopic (exact) mass is 474 g/mol. The van der Waals surface area contributed by atoms with Crippen LogP contribution in [0.15, 0.2) is 42.7 Å². The first kappa shape index (κ1) is 22.9. The number of carbonyl (C=O) groups is 1. The Kier molecular flexibility index (Phi) is 5.87. The van der Waals surface area contributed by atoms with E-state index < -0.39 is 11.7 Å². The van der Waals surface area contributed by atoms with Gasteiger partial charge in [-0.25, -0.2) is 14.8 Å².